The van der Waals surface area contributed by atoms with Crippen molar-refractivity contribution < 1.29 is 4.79 Å². The first kappa shape index (κ1) is 17.4. The number of hydrogen-bond acceptors (Lipinski definition) is 4. The maximum Gasteiger partial charge on any atom is 0.244 e. The van der Waals surface area contributed by atoms with Gasteiger partial charge in [-0.2, -0.15) is 5.10 Å². The summed E-state index contributed by atoms with van der Waals surface area (Å²) in [6.45, 7) is 3.03. The van der Waals surface area contributed by atoms with E-state index in [0.29, 0.717) is 5.65 Å². The van der Waals surface area contributed by atoms with Crippen LogP contribution in [-0.4, -0.2) is 45.6 Å². The number of hydrogen-bond donors (Lipinski definition) is 2. The third kappa shape index (κ3) is 4.23. The number of fused-ring (bicyclic) bond motifs is 1. The molecule has 3 heterocycles. The molecular formula is C21H23N5O. The number of amides is 1. The van der Waals surface area contributed by atoms with Crippen molar-refractivity contribution in [1.82, 2.24) is 25.4 Å². The van der Waals surface area contributed by atoms with Crippen LogP contribution in [0.25, 0.3) is 17.1 Å². The minimum absolute atomic E-state index is 0.0263. The Hall–Kier alpha value is -2.99. The Kier molecular flexibility index (Phi) is 5.25. The Morgan fingerprint density at radius 2 is 2.00 bits per heavy atom. The second kappa shape index (κ2) is 8.14. The molecule has 138 valence electrons. The largest absolute Gasteiger partial charge is 0.344 e. The molecule has 2 aromatic heterocycles. The average molecular weight is 361 g/mol. The fraction of sp³-hybridized carbons (Fsp3) is 0.286. The smallest absolute Gasteiger partial charge is 0.244 e. The molecule has 27 heavy (non-hydrogen) atoms. The van der Waals surface area contributed by atoms with E-state index in [1.165, 1.54) is 12.8 Å². The van der Waals surface area contributed by atoms with Gasteiger partial charge in [0.15, 0.2) is 5.65 Å². The Balaban J connectivity index is 1.47. The average Bonchev–Trinajstić information content (AvgIpc) is 3.36. The van der Waals surface area contributed by atoms with E-state index >= 15 is 0 Å². The van der Waals surface area contributed by atoms with Gasteiger partial charge in [0, 0.05) is 24.2 Å². The van der Waals surface area contributed by atoms with Gasteiger partial charge in [-0.05, 0) is 49.7 Å². The fourth-order valence-corrected chi connectivity index (χ4v) is 3.52. The summed E-state index contributed by atoms with van der Waals surface area (Å²) in [5.74, 6) is -0.116. The zero-order valence-corrected chi connectivity index (χ0v) is 15.1. The number of benzene rings is 1. The first-order valence-corrected chi connectivity index (χ1v) is 9.34. The third-order valence-electron chi connectivity index (χ3n) is 4.92. The Labute approximate surface area is 158 Å². The molecule has 0 spiro atoms. The summed E-state index contributed by atoms with van der Waals surface area (Å²) >= 11 is 0. The molecule has 4 rings (SSSR count). The van der Waals surface area contributed by atoms with Crippen LogP contribution in [0.2, 0.25) is 0 Å². The van der Waals surface area contributed by atoms with Gasteiger partial charge in [0.2, 0.25) is 5.91 Å². The van der Waals surface area contributed by atoms with Crippen LogP contribution < -0.4 is 5.32 Å². The van der Waals surface area contributed by atoms with E-state index in [1.54, 1.807) is 18.3 Å². The van der Waals surface area contributed by atoms with Crippen molar-refractivity contribution in [3.05, 3.63) is 66.0 Å². The normalized spacial score (nSPS) is 16.1. The van der Waals surface area contributed by atoms with Crippen LogP contribution in [0, 0.1) is 0 Å². The lowest BCUT2D eigenvalue weighted by Crippen LogP contribution is -2.36. The van der Waals surface area contributed by atoms with Crippen molar-refractivity contribution in [3.8, 4) is 0 Å². The number of H-pyrrole nitrogens is 1. The zero-order chi connectivity index (χ0) is 18.5. The van der Waals surface area contributed by atoms with Crippen molar-refractivity contribution >= 4 is 23.0 Å². The molecular weight excluding hydrogens is 338 g/mol. The predicted octanol–water partition coefficient (Wildman–Crippen LogP) is 2.92. The van der Waals surface area contributed by atoms with Crippen LogP contribution in [0.5, 0.6) is 0 Å². The molecule has 0 radical (unpaired) electrons. The molecule has 1 amide bonds. The predicted molar refractivity (Wildman–Crippen MR) is 106 cm³/mol. The van der Waals surface area contributed by atoms with E-state index in [1.807, 2.05) is 30.3 Å². The van der Waals surface area contributed by atoms with Crippen molar-refractivity contribution in [2.24, 2.45) is 0 Å². The maximum absolute atomic E-state index is 12.6. The molecule has 6 heteroatoms. The molecule has 1 saturated heterocycles. The molecule has 0 bridgehead atoms. The van der Waals surface area contributed by atoms with E-state index in [0.717, 1.165) is 36.3 Å². The van der Waals surface area contributed by atoms with Gasteiger partial charge in [0.1, 0.15) is 0 Å². The quantitative estimate of drug-likeness (QED) is 0.662. The molecule has 1 aliphatic rings. The topological polar surface area (TPSA) is 73.9 Å². The van der Waals surface area contributed by atoms with Crippen LogP contribution in [-0.2, 0) is 4.79 Å². The van der Waals surface area contributed by atoms with Crippen LogP contribution in [0.15, 0.2) is 54.7 Å². The first-order valence-electron chi connectivity index (χ1n) is 9.34. The standard InChI is InChI=1S/C21H23N5O/c27-20(11-10-18-17-9-6-12-22-21(17)25-24-18)23-19(15-26-13-4-5-14-26)16-7-2-1-3-8-16/h1-3,6-12,19H,4-5,13-15H2,(H,23,27)(H,22,24,25)/b11-10+/t19-/m1/s1. The molecule has 1 atom stereocenters. The van der Waals surface area contributed by atoms with Gasteiger partial charge < -0.3 is 10.2 Å². The molecule has 0 aliphatic carbocycles. The highest BCUT2D eigenvalue weighted by atomic mass is 16.1. The van der Waals surface area contributed by atoms with Gasteiger partial charge in [0.05, 0.1) is 11.7 Å². The molecule has 6 nitrogen and oxygen atoms in total. The second-order valence-electron chi connectivity index (χ2n) is 6.82. The highest BCUT2D eigenvalue weighted by molar-refractivity contribution is 5.94. The van der Waals surface area contributed by atoms with Crippen LogP contribution in [0.1, 0.15) is 30.1 Å². The minimum Gasteiger partial charge on any atom is -0.344 e. The fourth-order valence-electron chi connectivity index (χ4n) is 3.52. The lowest BCUT2D eigenvalue weighted by molar-refractivity contribution is -0.117. The van der Waals surface area contributed by atoms with E-state index < -0.39 is 0 Å². The number of carbonyl (C=O) groups is 1. The number of aromatic nitrogens is 3. The summed E-state index contributed by atoms with van der Waals surface area (Å²) in [4.78, 5) is 19.2. The number of pyridine rings is 1. The summed E-state index contributed by atoms with van der Waals surface area (Å²) in [5, 5.41) is 11.1. The third-order valence-corrected chi connectivity index (χ3v) is 4.92. The van der Waals surface area contributed by atoms with Crippen LogP contribution >= 0.6 is 0 Å². The lowest BCUT2D eigenvalue weighted by Gasteiger charge is -2.24. The van der Waals surface area contributed by atoms with Gasteiger partial charge in [-0.1, -0.05) is 30.3 Å². The van der Waals surface area contributed by atoms with Gasteiger partial charge in [0.25, 0.3) is 0 Å². The summed E-state index contributed by atoms with van der Waals surface area (Å²) in [5.41, 5.74) is 2.56. The summed E-state index contributed by atoms with van der Waals surface area (Å²) < 4.78 is 0. The molecule has 0 unspecified atom stereocenters. The molecule has 1 aromatic carbocycles. The SMILES string of the molecule is O=C(/C=C/c1[nH]nc2ncccc12)N[C@H](CN1CCCC1)c1ccccc1. The molecule has 1 aliphatic heterocycles. The van der Waals surface area contributed by atoms with Crippen LogP contribution in [0.3, 0.4) is 0 Å². The van der Waals surface area contributed by atoms with Crippen molar-refractivity contribution in [3.63, 3.8) is 0 Å². The van der Waals surface area contributed by atoms with E-state index in [-0.39, 0.29) is 11.9 Å². The second-order valence-corrected chi connectivity index (χ2v) is 6.82. The Bertz CT molecular complexity index is 928. The van der Waals surface area contributed by atoms with E-state index in [9.17, 15) is 4.79 Å². The van der Waals surface area contributed by atoms with Crippen molar-refractivity contribution in [2.75, 3.05) is 19.6 Å². The number of nitrogens with one attached hydrogen (secondary N) is 2. The Morgan fingerprint density at radius 3 is 2.81 bits per heavy atom. The minimum atomic E-state index is -0.116. The summed E-state index contributed by atoms with van der Waals surface area (Å²) in [6.07, 6.45) is 7.48. The lowest BCUT2D eigenvalue weighted by atomic mass is 10.1. The van der Waals surface area contributed by atoms with Crippen LogP contribution in [0.4, 0.5) is 0 Å². The van der Waals surface area contributed by atoms with E-state index in [2.05, 4.69) is 37.5 Å². The van der Waals surface area contributed by atoms with E-state index in [4.69, 9.17) is 0 Å². The zero-order valence-electron chi connectivity index (χ0n) is 15.1. The number of rotatable bonds is 6. The first-order chi connectivity index (χ1) is 13.3. The summed E-state index contributed by atoms with van der Waals surface area (Å²) in [7, 11) is 0. The number of likely N-dealkylation sites (tertiary alicyclic amines) is 1. The molecule has 0 saturated carbocycles. The number of nitrogens with zero attached hydrogens (tertiary/aromatic N) is 3. The van der Waals surface area contributed by atoms with Gasteiger partial charge in [-0.25, -0.2) is 4.98 Å². The van der Waals surface area contributed by atoms with Crippen molar-refractivity contribution in [2.45, 2.75) is 18.9 Å². The number of carbonyl (C=O) groups excluding carboxylic acids is 1. The molecule has 3 aromatic rings. The molecule has 1 fully saturated rings. The summed E-state index contributed by atoms with van der Waals surface area (Å²) in [6, 6.07) is 13.9. The van der Waals surface area contributed by atoms with Crippen molar-refractivity contribution in [1.29, 1.82) is 0 Å². The molecule has 2 N–H and O–H groups in total. The van der Waals surface area contributed by atoms with Gasteiger partial charge >= 0.3 is 0 Å². The highest BCUT2D eigenvalue weighted by Crippen LogP contribution is 2.18. The maximum atomic E-state index is 12.6. The highest BCUT2D eigenvalue weighted by Gasteiger charge is 2.20. The van der Waals surface area contributed by atoms with Gasteiger partial charge in [-0.3, -0.25) is 9.89 Å². The monoisotopic (exact) mass is 361 g/mol. The van der Waals surface area contributed by atoms with Gasteiger partial charge in [-0.15, -0.1) is 0 Å². The number of aromatic amines is 1. The Morgan fingerprint density at radius 1 is 1.19 bits per heavy atom.